The molecular weight excluding hydrogens is 614 g/mol. The summed E-state index contributed by atoms with van der Waals surface area (Å²) in [6.07, 6.45) is 3.57. The molecular formula is C32H41N5O8S. The second-order valence-electron chi connectivity index (χ2n) is 13.4. The van der Waals surface area contributed by atoms with Gasteiger partial charge in [0.2, 0.25) is 33.6 Å². The van der Waals surface area contributed by atoms with Crippen molar-refractivity contribution in [3.05, 3.63) is 43.1 Å². The summed E-state index contributed by atoms with van der Waals surface area (Å²) in [4.78, 5) is 59.3. The molecule has 14 heteroatoms. The Hall–Kier alpha value is -4.20. The fourth-order valence-electron chi connectivity index (χ4n) is 5.92. The van der Waals surface area contributed by atoms with Crippen LogP contribution in [-0.4, -0.2) is 84.6 Å². The lowest BCUT2D eigenvalue weighted by atomic mass is 9.85. The van der Waals surface area contributed by atoms with Gasteiger partial charge in [-0.15, -0.1) is 6.58 Å². The maximum atomic E-state index is 14.1. The molecule has 5 atom stereocenters. The van der Waals surface area contributed by atoms with Gasteiger partial charge in [0.15, 0.2) is 0 Å². The maximum Gasteiger partial charge on any atom is 0.259 e. The van der Waals surface area contributed by atoms with Gasteiger partial charge in [-0.1, -0.05) is 26.8 Å². The number of carbonyl (C=O) groups excluding carboxylic acids is 4. The van der Waals surface area contributed by atoms with Crippen LogP contribution in [0.25, 0.3) is 10.8 Å². The van der Waals surface area contributed by atoms with Crippen LogP contribution in [0.1, 0.15) is 53.4 Å². The first-order valence-electron chi connectivity index (χ1n) is 15.3. The molecule has 2 saturated carbocycles. The average molecular weight is 656 g/mol. The molecule has 0 spiro atoms. The molecule has 5 rings (SSSR count). The standard InChI is InChI=1S/C32H41N5O8S/c1-7-20-16-32(20,30(41)36-46(42,43)23-9-10-23)35-27(39)25-15-22(17-37(25)29(40)26(31(3,4)5)34-18(2)38)45-28-24-11-8-21(44-6)14-19(24)12-13-33-28/h7-8,11-14,20,22-23,25-26H,1,9-10,15-17H2,2-6H3,(H,34,38)(H,35,39)(H,36,41)/t20-,22-,25+,26-,32-/m1/s1. The Bertz CT molecular complexity index is 1680. The van der Waals surface area contributed by atoms with E-state index in [1.54, 1.807) is 40.1 Å². The molecule has 46 heavy (non-hydrogen) atoms. The van der Waals surface area contributed by atoms with Gasteiger partial charge in [-0.25, -0.2) is 13.4 Å². The van der Waals surface area contributed by atoms with Gasteiger partial charge in [0.25, 0.3) is 5.91 Å². The number of hydrogen-bond donors (Lipinski definition) is 3. The highest BCUT2D eigenvalue weighted by atomic mass is 32.2. The topological polar surface area (TPSA) is 173 Å². The summed E-state index contributed by atoms with van der Waals surface area (Å²) in [7, 11) is -2.30. The molecule has 1 aliphatic heterocycles. The number of aromatic nitrogens is 1. The Morgan fingerprint density at radius 1 is 1.17 bits per heavy atom. The van der Waals surface area contributed by atoms with Crippen molar-refractivity contribution >= 4 is 44.4 Å². The van der Waals surface area contributed by atoms with Crippen LogP contribution in [0.3, 0.4) is 0 Å². The third kappa shape index (κ3) is 6.67. The number of amides is 4. The van der Waals surface area contributed by atoms with E-state index in [1.807, 2.05) is 18.2 Å². The number of carbonyl (C=O) groups is 4. The Morgan fingerprint density at radius 3 is 2.48 bits per heavy atom. The van der Waals surface area contributed by atoms with Crippen molar-refractivity contribution in [1.29, 1.82) is 0 Å². The molecule has 3 fully saturated rings. The number of fused-ring (bicyclic) bond motifs is 1. The Kier molecular flexibility index (Phi) is 8.79. The smallest absolute Gasteiger partial charge is 0.259 e. The highest BCUT2D eigenvalue weighted by Gasteiger charge is 2.62. The lowest BCUT2D eigenvalue weighted by Gasteiger charge is -2.35. The van der Waals surface area contributed by atoms with Gasteiger partial charge in [-0.2, -0.15) is 0 Å². The molecule has 2 heterocycles. The first kappa shape index (κ1) is 33.2. The van der Waals surface area contributed by atoms with Crippen LogP contribution in [0.2, 0.25) is 0 Å². The van der Waals surface area contributed by atoms with E-state index < -0.39 is 74.0 Å². The molecule has 1 aromatic carbocycles. The van der Waals surface area contributed by atoms with Crippen LogP contribution in [0.4, 0.5) is 0 Å². The van der Waals surface area contributed by atoms with Crippen molar-refractivity contribution in [3.63, 3.8) is 0 Å². The van der Waals surface area contributed by atoms with E-state index in [2.05, 4.69) is 26.9 Å². The number of benzene rings is 1. The predicted octanol–water partition coefficient (Wildman–Crippen LogP) is 1.81. The maximum absolute atomic E-state index is 14.1. The molecule has 248 valence electrons. The normalized spacial score (nSPS) is 24.9. The van der Waals surface area contributed by atoms with E-state index in [0.29, 0.717) is 29.9 Å². The number of likely N-dealkylation sites (tertiary alicyclic amines) is 1. The van der Waals surface area contributed by atoms with Crippen molar-refractivity contribution in [1.82, 2.24) is 25.2 Å². The van der Waals surface area contributed by atoms with Crippen molar-refractivity contribution in [2.75, 3.05) is 13.7 Å². The van der Waals surface area contributed by atoms with Gasteiger partial charge in [0.05, 0.1) is 18.9 Å². The quantitative estimate of drug-likeness (QED) is 0.305. The molecule has 3 aliphatic rings. The van der Waals surface area contributed by atoms with Crippen molar-refractivity contribution in [2.45, 2.75) is 82.4 Å². The fourth-order valence-corrected chi connectivity index (χ4v) is 7.28. The minimum absolute atomic E-state index is 0.00253. The van der Waals surface area contributed by atoms with E-state index in [9.17, 15) is 27.6 Å². The number of rotatable bonds is 11. The van der Waals surface area contributed by atoms with Crippen LogP contribution in [0.5, 0.6) is 11.6 Å². The van der Waals surface area contributed by atoms with Crippen LogP contribution in [0.15, 0.2) is 43.1 Å². The monoisotopic (exact) mass is 655 g/mol. The minimum Gasteiger partial charge on any atom is -0.497 e. The molecule has 3 N–H and O–H groups in total. The van der Waals surface area contributed by atoms with Crippen LogP contribution < -0.4 is 24.8 Å². The fraction of sp³-hybridized carbons (Fsp3) is 0.531. The Balaban J connectivity index is 1.43. The highest BCUT2D eigenvalue weighted by molar-refractivity contribution is 7.91. The second-order valence-corrected chi connectivity index (χ2v) is 15.3. The SMILES string of the molecule is C=C[C@@H]1C[C@]1(NC(=O)[C@@H]1C[C@@H](Oc2nccc3cc(OC)ccc23)CN1C(=O)[C@@H](NC(C)=O)C(C)(C)C)C(=O)NS(=O)(=O)C1CC1. The van der Waals surface area contributed by atoms with Gasteiger partial charge in [-0.05, 0) is 54.3 Å². The average Bonchev–Trinajstić information content (AvgIpc) is 3.91. The second kappa shape index (κ2) is 12.2. The van der Waals surface area contributed by atoms with Gasteiger partial charge < -0.3 is 25.0 Å². The molecule has 2 aromatic rings. The minimum atomic E-state index is -3.87. The Labute approximate surface area is 268 Å². The molecule has 0 bridgehead atoms. The molecule has 2 aliphatic carbocycles. The number of sulfonamides is 1. The van der Waals surface area contributed by atoms with Gasteiger partial charge in [0.1, 0.15) is 29.5 Å². The summed E-state index contributed by atoms with van der Waals surface area (Å²) in [5.41, 5.74) is -2.23. The number of methoxy groups -OCH3 is 1. The molecule has 1 saturated heterocycles. The zero-order valence-corrected chi connectivity index (χ0v) is 27.5. The van der Waals surface area contributed by atoms with E-state index in [1.165, 1.54) is 17.9 Å². The zero-order valence-electron chi connectivity index (χ0n) is 26.7. The van der Waals surface area contributed by atoms with Gasteiger partial charge in [-0.3, -0.25) is 23.9 Å². The number of pyridine rings is 1. The number of ether oxygens (including phenoxy) is 2. The summed E-state index contributed by atoms with van der Waals surface area (Å²) >= 11 is 0. The summed E-state index contributed by atoms with van der Waals surface area (Å²) in [6.45, 7) is 10.5. The van der Waals surface area contributed by atoms with Gasteiger partial charge in [0, 0.05) is 30.8 Å². The number of nitrogens with zero attached hydrogens (tertiary/aromatic N) is 2. The van der Waals surface area contributed by atoms with Crippen molar-refractivity contribution in [2.24, 2.45) is 11.3 Å². The molecule has 13 nitrogen and oxygen atoms in total. The Morgan fingerprint density at radius 2 is 1.89 bits per heavy atom. The first-order chi connectivity index (χ1) is 21.6. The first-order valence-corrected chi connectivity index (χ1v) is 16.8. The van der Waals surface area contributed by atoms with E-state index in [4.69, 9.17) is 9.47 Å². The lowest BCUT2D eigenvalue weighted by molar-refractivity contribution is -0.144. The summed E-state index contributed by atoms with van der Waals surface area (Å²) in [5, 5.41) is 6.39. The van der Waals surface area contributed by atoms with Crippen molar-refractivity contribution < 1.29 is 37.1 Å². The van der Waals surface area contributed by atoms with E-state index in [-0.39, 0.29) is 19.4 Å². The van der Waals surface area contributed by atoms with Crippen molar-refractivity contribution in [3.8, 4) is 11.6 Å². The molecule has 0 radical (unpaired) electrons. The van der Waals surface area contributed by atoms with Crippen LogP contribution in [-0.2, 0) is 29.2 Å². The highest BCUT2D eigenvalue weighted by Crippen LogP contribution is 2.45. The van der Waals surface area contributed by atoms with E-state index in [0.717, 1.165) is 5.39 Å². The largest absolute Gasteiger partial charge is 0.497 e. The summed E-state index contributed by atoms with van der Waals surface area (Å²) in [5.74, 6) is -1.90. The molecule has 0 unspecified atom stereocenters. The van der Waals surface area contributed by atoms with Crippen LogP contribution in [0, 0.1) is 11.3 Å². The van der Waals surface area contributed by atoms with Crippen LogP contribution >= 0.6 is 0 Å². The third-order valence-corrected chi connectivity index (χ3v) is 10.6. The van der Waals surface area contributed by atoms with Gasteiger partial charge >= 0.3 is 0 Å². The predicted molar refractivity (Wildman–Crippen MR) is 169 cm³/mol. The number of hydrogen-bond acceptors (Lipinski definition) is 9. The number of nitrogens with one attached hydrogen (secondary N) is 3. The third-order valence-electron chi connectivity index (χ3n) is 8.77. The summed E-state index contributed by atoms with van der Waals surface area (Å²) in [6, 6.07) is 5.18. The van der Waals surface area contributed by atoms with E-state index >= 15 is 0 Å². The summed E-state index contributed by atoms with van der Waals surface area (Å²) < 4.78 is 38.9. The zero-order chi connectivity index (χ0) is 33.6. The lowest BCUT2D eigenvalue weighted by Crippen LogP contribution is -2.60. The molecule has 4 amide bonds. The molecule has 1 aromatic heterocycles.